The molecule has 0 saturated heterocycles. The topological polar surface area (TPSA) is 86.3 Å². The van der Waals surface area contributed by atoms with Gasteiger partial charge in [-0.2, -0.15) is 5.10 Å². The molecule has 102 valence electrons. The lowest BCUT2D eigenvalue weighted by Gasteiger charge is -2.27. The van der Waals surface area contributed by atoms with Gasteiger partial charge in [0.1, 0.15) is 5.69 Å². The summed E-state index contributed by atoms with van der Waals surface area (Å²) < 4.78 is 0. The van der Waals surface area contributed by atoms with Crippen LogP contribution >= 0.6 is 0 Å². The number of nitrogens with one attached hydrogen (secondary N) is 1. The number of benzene rings is 1. The van der Waals surface area contributed by atoms with Crippen molar-refractivity contribution in [2.24, 2.45) is 0 Å². The number of aromatic nitrogens is 2. The van der Waals surface area contributed by atoms with E-state index in [0.717, 1.165) is 16.8 Å². The third kappa shape index (κ3) is 1.85. The zero-order chi connectivity index (χ0) is 14.3. The van der Waals surface area contributed by atoms with Crippen molar-refractivity contribution in [2.75, 3.05) is 11.9 Å². The molecule has 1 amide bonds. The number of aromatic amines is 1. The first-order valence-corrected chi connectivity index (χ1v) is 6.25. The van der Waals surface area contributed by atoms with E-state index in [1.165, 1.54) is 6.07 Å². The van der Waals surface area contributed by atoms with Crippen LogP contribution in [0.4, 0.5) is 5.69 Å². The van der Waals surface area contributed by atoms with Gasteiger partial charge < -0.3 is 10.0 Å². The maximum Gasteiger partial charge on any atom is 0.353 e. The number of hydrogen-bond donors (Lipinski definition) is 2. The highest BCUT2D eigenvalue weighted by Crippen LogP contribution is 2.34. The summed E-state index contributed by atoms with van der Waals surface area (Å²) >= 11 is 0. The second-order valence-electron chi connectivity index (χ2n) is 4.73. The molecule has 0 bridgehead atoms. The molecule has 0 spiro atoms. The van der Waals surface area contributed by atoms with Crippen molar-refractivity contribution in [3.8, 4) is 11.3 Å². The summed E-state index contributed by atoms with van der Waals surface area (Å²) in [5, 5.41) is 15.5. The first-order chi connectivity index (χ1) is 9.58. The van der Waals surface area contributed by atoms with Crippen molar-refractivity contribution < 1.29 is 14.7 Å². The Kier molecular flexibility index (Phi) is 2.78. The highest BCUT2D eigenvalue weighted by molar-refractivity contribution is 5.97. The van der Waals surface area contributed by atoms with E-state index < -0.39 is 5.97 Å². The number of carbonyl (C=O) groups is 2. The Morgan fingerprint density at radius 1 is 1.40 bits per heavy atom. The van der Waals surface area contributed by atoms with Gasteiger partial charge in [-0.15, -0.1) is 0 Å². The van der Waals surface area contributed by atoms with Crippen LogP contribution in [0.2, 0.25) is 0 Å². The summed E-state index contributed by atoms with van der Waals surface area (Å²) in [5.74, 6) is -0.955. The number of H-pyrrole nitrogens is 1. The Bertz CT molecular complexity index is 705. The average molecular weight is 271 g/mol. The van der Waals surface area contributed by atoms with Gasteiger partial charge in [0, 0.05) is 24.7 Å². The first kappa shape index (κ1) is 12.4. The van der Waals surface area contributed by atoms with E-state index in [2.05, 4.69) is 10.2 Å². The van der Waals surface area contributed by atoms with Gasteiger partial charge in [-0.25, -0.2) is 4.79 Å². The summed E-state index contributed by atoms with van der Waals surface area (Å²) in [4.78, 5) is 24.3. The second kappa shape index (κ2) is 4.48. The summed E-state index contributed by atoms with van der Waals surface area (Å²) in [6.45, 7) is 0. The number of nitrogens with zero attached hydrogens (tertiary/aromatic N) is 2. The quantitative estimate of drug-likeness (QED) is 0.870. The Hall–Kier alpha value is -2.63. The molecular formula is C14H13N3O3. The lowest BCUT2D eigenvalue weighted by molar-refractivity contribution is -0.118. The van der Waals surface area contributed by atoms with Gasteiger partial charge in [0.25, 0.3) is 0 Å². The summed E-state index contributed by atoms with van der Waals surface area (Å²) in [6, 6.07) is 7.14. The number of hydrogen-bond acceptors (Lipinski definition) is 3. The van der Waals surface area contributed by atoms with Crippen LogP contribution in [0.15, 0.2) is 24.3 Å². The molecule has 0 aliphatic carbocycles. The predicted octanol–water partition coefficient (Wildman–Crippen LogP) is 1.68. The predicted molar refractivity (Wildman–Crippen MR) is 72.7 cm³/mol. The Morgan fingerprint density at radius 3 is 2.90 bits per heavy atom. The van der Waals surface area contributed by atoms with E-state index in [-0.39, 0.29) is 11.6 Å². The van der Waals surface area contributed by atoms with Crippen molar-refractivity contribution in [3.63, 3.8) is 0 Å². The van der Waals surface area contributed by atoms with Gasteiger partial charge in [-0.05, 0) is 24.1 Å². The number of carboxylic acid groups (broad SMARTS) is 1. The normalized spacial score (nSPS) is 14.2. The lowest BCUT2D eigenvalue weighted by atomic mass is 9.94. The largest absolute Gasteiger partial charge is 0.477 e. The van der Waals surface area contributed by atoms with Gasteiger partial charge >= 0.3 is 5.97 Å². The van der Waals surface area contributed by atoms with Crippen LogP contribution in [0.3, 0.4) is 0 Å². The number of rotatable bonds is 2. The molecule has 2 aromatic rings. The summed E-state index contributed by atoms with van der Waals surface area (Å²) in [5.41, 5.74) is 3.39. The van der Waals surface area contributed by atoms with Gasteiger partial charge in [0.2, 0.25) is 5.91 Å². The molecule has 0 radical (unpaired) electrons. The molecule has 1 aliphatic heterocycles. The van der Waals surface area contributed by atoms with Crippen molar-refractivity contribution in [1.82, 2.24) is 10.2 Å². The molecule has 0 unspecified atom stereocenters. The third-order valence-electron chi connectivity index (χ3n) is 3.56. The number of fused-ring (bicyclic) bond motifs is 1. The Labute approximate surface area is 115 Å². The maximum absolute atomic E-state index is 11.7. The van der Waals surface area contributed by atoms with Gasteiger partial charge in [0.05, 0.1) is 5.69 Å². The molecule has 0 atom stereocenters. The minimum atomic E-state index is -1.04. The number of carbonyl (C=O) groups excluding carboxylic acids is 1. The molecule has 1 aromatic carbocycles. The van der Waals surface area contributed by atoms with Crippen LogP contribution in [0.25, 0.3) is 11.3 Å². The standard InChI is InChI=1S/C14H13N3O3/c1-17-12-4-2-3-8(9(12)5-6-13(17)18)10-7-11(14(19)20)16-15-10/h2-4,7H,5-6H2,1H3,(H,15,16)(H,19,20). The van der Waals surface area contributed by atoms with Crippen LogP contribution in [0, 0.1) is 0 Å². The van der Waals surface area contributed by atoms with E-state index in [0.29, 0.717) is 18.5 Å². The van der Waals surface area contributed by atoms with Gasteiger partial charge in [-0.1, -0.05) is 12.1 Å². The van der Waals surface area contributed by atoms with E-state index >= 15 is 0 Å². The molecule has 1 aromatic heterocycles. The van der Waals surface area contributed by atoms with E-state index in [9.17, 15) is 9.59 Å². The molecule has 2 N–H and O–H groups in total. The van der Waals surface area contributed by atoms with Crippen molar-refractivity contribution in [1.29, 1.82) is 0 Å². The third-order valence-corrected chi connectivity index (χ3v) is 3.56. The monoisotopic (exact) mass is 271 g/mol. The number of anilines is 1. The molecule has 3 rings (SSSR count). The molecule has 20 heavy (non-hydrogen) atoms. The number of carboxylic acids is 1. The average Bonchev–Trinajstić information content (AvgIpc) is 2.92. The number of amides is 1. The Morgan fingerprint density at radius 2 is 2.20 bits per heavy atom. The minimum Gasteiger partial charge on any atom is -0.477 e. The van der Waals surface area contributed by atoms with E-state index in [1.54, 1.807) is 11.9 Å². The highest BCUT2D eigenvalue weighted by atomic mass is 16.4. The van der Waals surface area contributed by atoms with Crippen LogP contribution in [0.5, 0.6) is 0 Å². The zero-order valence-corrected chi connectivity index (χ0v) is 10.9. The Balaban J connectivity index is 2.11. The summed E-state index contributed by atoms with van der Waals surface area (Å²) in [6.07, 6.45) is 1.10. The van der Waals surface area contributed by atoms with Crippen LogP contribution < -0.4 is 4.90 Å². The fourth-order valence-corrected chi connectivity index (χ4v) is 2.49. The van der Waals surface area contributed by atoms with Crippen molar-refractivity contribution in [2.45, 2.75) is 12.8 Å². The lowest BCUT2D eigenvalue weighted by Crippen LogP contribution is -2.31. The molecular weight excluding hydrogens is 258 g/mol. The maximum atomic E-state index is 11.7. The molecule has 6 heteroatoms. The smallest absolute Gasteiger partial charge is 0.353 e. The van der Waals surface area contributed by atoms with Crippen LogP contribution in [-0.2, 0) is 11.2 Å². The molecule has 6 nitrogen and oxygen atoms in total. The fraction of sp³-hybridized carbons (Fsp3) is 0.214. The van der Waals surface area contributed by atoms with Crippen LogP contribution in [-0.4, -0.2) is 34.2 Å². The highest BCUT2D eigenvalue weighted by Gasteiger charge is 2.24. The fourth-order valence-electron chi connectivity index (χ4n) is 2.49. The van der Waals surface area contributed by atoms with Crippen molar-refractivity contribution in [3.05, 3.63) is 35.5 Å². The van der Waals surface area contributed by atoms with Gasteiger partial charge in [-0.3, -0.25) is 9.89 Å². The SMILES string of the molecule is CN1C(=O)CCc2c(-c3cc(C(=O)O)[nH]n3)cccc21. The molecule has 1 aliphatic rings. The van der Waals surface area contributed by atoms with E-state index in [1.807, 2.05) is 18.2 Å². The van der Waals surface area contributed by atoms with Crippen molar-refractivity contribution >= 4 is 17.6 Å². The number of aromatic carboxylic acids is 1. The van der Waals surface area contributed by atoms with E-state index in [4.69, 9.17) is 5.11 Å². The molecule has 0 saturated carbocycles. The second-order valence-corrected chi connectivity index (χ2v) is 4.73. The summed E-state index contributed by atoms with van der Waals surface area (Å²) in [7, 11) is 1.75. The first-order valence-electron chi connectivity index (χ1n) is 6.25. The molecule has 0 fully saturated rings. The van der Waals surface area contributed by atoms with Gasteiger partial charge in [0.15, 0.2) is 0 Å². The molecule has 2 heterocycles. The van der Waals surface area contributed by atoms with Crippen LogP contribution in [0.1, 0.15) is 22.5 Å². The zero-order valence-electron chi connectivity index (χ0n) is 10.9. The minimum absolute atomic E-state index is 0.0536.